The van der Waals surface area contributed by atoms with E-state index in [-0.39, 0.29) is 23.2 Å². The molecule has 1 aromatic heterocycles. The molecule has 0 radical (unpaired) electrons. The molecular formula is C21H29N5O2. The summed E-state index contributed by atoms with van der Waals surface area (Å²) in [6.07, 6.45) is 5.04. The van der Waals surface area contributed by atoms with E-state index in [1.165, 1.54) is 10.1 Å². The number of rotatable bonds is 4. The van der Waals surface area contributed by atoms with Crippen LogP contribution < -0.4 is 10.9 Å². The van der Waals surface area contributed by atoms with Crippen LogP contribution in [0.5, 0.6) is 5.75 Å². The molecule has 2 aliphatic rings. The molecule has 0 spiro atoms. The summed E-state index contributed by atoms with van der Waals surface area (Å²) in [6, 6.07) is 2.31. The maximum atomic E-state index is 12.9. The van der Waals surface area contributed by atoms with Crippen LogP contribution in [0.2, 0.25) is 0 Å². The van der Waals surface area contributed by atoms with Gasteiger partial charge in [0.2, 0.25) is 5.82 Å². The third-order valence-corrected chi connectivity index (χ3v) is 6.16. The van der Waals surface area contributed by atoms with Gasteiger partial charge >= 0.3 is 0 Å². The lowest BCUT2D eigenvalue weighted by molar-refractivity contribution is 0.226. The average Bonchev–Trinajstić information content (AvgIpc) is 3.16. The average molecular weight is 383 g/mol. The Bertz CT molecular complexity index is 953. The lowest BCUT2D eigenvalue weighted by Crippen LogP contribution is -2.43. The number of phenolic OH excluding ortho intramolecular Hbond substituents is 1. The fourth-order valence-electron chi connectivity index (χ4n) is 4.57. The number of likely N-dealkylation sites (tertiary alicyclic amines) is 1. The highest BCUT2D eigenvalue weighted by molar-refractivity contribution is 5.72. The number of fused-ring (bicyclic) bond motifs is 1. The molecule has 2 heterocycles. The van der Waals surface area contributed by atoms with Gasteiger partial charge in [0, 0.05) is 19.6 Å². The van der Waals surface area contributed by atoms with Gasteiger partial charge < -0.3 is 15.3 Å². The van der Waals surface area contributed by atoms with E-state index < -0.39 is 0 Å². The fraction of sp³-hybridized carbons (Fsp3) is 0.571. The van der Waals surface area contributed by atoms with Gasteiger partial charge in [-0.25, -0.2) is 0 Å². The van der Waals surface area contributed by atoms with Gasteiger partial charge in [-0.05, 0) is 68.8 Å². The number of likely N-dealkylation sites (N-methyl/N-ethyl adjacent to an activating group) is 1. The van der Waals surface area contributed by atoms with Crippen LogP contribution in [-0.4, -0.2) is 50.4 Å². The Morgan fingerprint density at radius 3 is 2.89 bits per heavy atom. The van der Waals surface area contributed by atoms with Crippen molar-refractivity contribution >= 4 is 5.82 Å². The minimum Gasteiger partial charge on any atom is -0.507 e. The molecule has 2 N–H and O–H groups in total. The summed E-state index contributed by atoms with van der Waals surface area (Å²) < 4.78 is 1.50. The van der Waals surface area contributed by atoms with Crippen molar-refractivity contribution < 1.29 is 5.11 Å². The number of aromatic hydroxyl groups is 1. The largest absolute Gasteiger partial charge is 0.507 e. The van der Waals surface area contributed by atoms with Crippen molar-refractivity contribution in [2.45, 2.75) is 52.0 Å². The van der Waals surface area contributed by atoms with Gasteiger partial charge in [0.05, 0.1) is 5.56 Å². The quantitative estimate of drug-likeness (QED) is 0.843. The Balaban J connectivity index is 1.67. The second-order valence-electron chi connectivity index (χ2n) is 8.02. The number of phenols is 1. The number of piperidine rings is 1. The van der Waals surface area contributed by atoms with Crippen LogP contribution in [0.3, 0.4) is 0 Å². The lowest BCUT2D eigenvalue weighted by atomic mass is 9.98. The summed E-state index contributed by atoms with van der Waals surface area (Å²) in [5, 5.41) is 22.7. The van der Waals surface area contributed by atoms with Crippen LogP contribution in [0.1, 0.15) is 42.9 Å². The molecule has 0 saturated carbocycles. The van der Waals surface area contributed by atoms with Crippen molar-refractivity contribution in [1.82, 2.24) is 19.7 Å². The smallest absolute Gasteiger partial charge is 0.296 e. The summed E-state index contributed by atoms with van der Waals surface area (Å²) in [5.41, 5.74) is 3.52. The van der Waals surface area contributed by atoms with E-state index >= 15 is 0 Å². The second kappa shape index (κ2) is 7.54. The first-order valence-corrected chi connectivity index (χ1v) is 10.3. The molecular weight excluding hydrogens is 354 g/mol. The SMILES string of the molecule is CCN1CCC[C@@H](Nc2nnc(-c3c(C)cc4c(c3O)CCC4)n(C)c2=O)C1. The molecule has 0 bridgehead atoms. The predicted octanol–water partition coefficient (Wildman–Crippen LogP) is 2.24. The molecule has 0 amide bonds. The van der Waals surface area contributed by atoms with E-state index in [2.05, 4.69) is 33.4 Å². The minimum absolute atomic E-state index is 0.205. The number of nitrogens with zero attached hydrogens (tertiary/aromatic N) is 4. The topological polar surface area (TPSA) is 83.3 Å². The van der Waals surface area contributed by atoms with Crippen molar-refractivity contribution in [2.75, 3.05) is 25.0 Å². The summed E-state index contributed by atoms with van der Waals surface area (Å²) in [5.74, 6) is 0.954. The summed E-state index contributed by atoms with van der Waals surface area (Å²) in [4.78, 5) is 15.3. The van der Waals surface area contributed by atoms with Crippen LogP contribution in [0.25, 0.3) is 11.4 Å². The number of nitrogens with one attached hydrogen (secondary N) is 1. The molecule has 1 saturated heterocycles. The van der Waals surface area contributed by atoms with Crippen molar-refractivity contribution in [3.05, 3.63) is 33.1 Å². The molecule has 2 aromatic rings. The monoisotopic (exact) mass is 383 g/mol. The number of aromatic nitrogens is 3. The molecule has 1 aliphatic carbocycles. The van der Waals surface area contributed by atoms with Crippen LogP contribution in [0.4, 0.5) is 5.82 Å². The number of anilines is 1. The van der Waals surface area contributed by atoms with Gasteiger partial charge in [-0.1, -0.05) is 13.0 Å². The molecule has 0 unspecified atom stereocenters. The van der Waals surface area contributed by atoms with Crippen LogP contribution >= 0.6 is 0 Å². The highest BCUT2D eigenvalue weighted by Crippen LogP contribution is 2.39. The molecule has 1 aliphatic heterocycles. The van der Waals surface area contributed by atoms with Crippen LogP contribution in [0.15, 0.2) is 10.9 Å². The third-order valence-electron chi connectivity index (χ3n) is 6.16. The first-order chi connectivity index (χ1) is 13.5. The summed E-state index contributed by atoms with van der Waals surface area (Å²) >= 11 is 0. The van der Waals surface area contributed by atoms with Gasteiger partial charge in [0.1, 0.15) is 5.75 Å². The van der Waals surface area contributed by atoms with Crippen LogP contribution in [0, 0.1) is 6.92 Å². The number of benzene rings is 1. The van der Waals surface area contributed by atoms with Crippen molar-refractivity contribution in [2.24, 2.45) is 7.05 Å². The zero-order valence-electron chi connectivity index (χ0n) is 17.0. The van der Waals surface area contributed by atoms with Crippen molar-refractivity contribution in [1.29, 1.82) is 0 Å². The normalized spacial score (nSPS) is 19.6. The highest BCUT2D eigenvalue weighted by atomic mass is 16.3. The molecule has 7 heteroatoms. The predicted molar refractivity (Wildman–Crippen MR) is 110 cm³/mol. The molecule has 28 heavy (non-hydrogen) atoms. The van der Waals surface area contributed by atoms with E-state index in [9.17, 15) is 9.90 Å². The Kier molecular flexibility index (Phi) is 5.10. The molecule has 7 nitrogen and oxygen atoms in total. The van der Waals surface area contributed by atoms with Gasteiger partial charge in [-0.3, -0.25) is 9.36 Å². The Morgan fingerprint density at radius 2 is 2.11 bits per heavy atom. The Morgan fingerprint density at radius 1 is 1.29 bits per heavy atom. The Hall–Kier alpha value is -2.41. The fourth-order valence-corrected chi connectivity index (χ4v) is 4.57. The van der Waals surface area contributed by atoms with E-state index in [1.807, 2.05) is 6.92 Å². The number of hydrogen-bond donors (Lipinski definition) is 2. The minimum atomic E-state index is -0.210. The third kappa shape index (κ3) is 3.28. The van der Waals surface area contributed by atoms with E-state index in [4.69, 9.17) is 0 Å². The maximum Gasteiger partial charge on any atom is 0.296 e. The molecule has 4 rings (SSSR count). The van der Waals surface area contributed by atoms with Gasteiger partial charge in [-0.2, -0.15) is 0 Å². The number of hydrogen-bond acceptors (Lipinski definition) is 6. The van der Waals surface area contributed by atoms with Crippen molar-refractivity contribution in [3.63, 3.8) is 0 Å². The van der Waals surface area contributed by atoms with E-state index in [0.29, 0.717) is 11.4 Å². The number of aryl methyl sites for hydroxylation is 2. The zero-order valence-corrected chi connectivity index (χ0v) is 17.0. The molecule has 1 atom stereocenters. The second-order valence-corrected chi connectivity index (χ2v) is 8.02. The Labute approximate surface area is 165 Å². The van der Waals surface area contributed by atoms with Crippen LogP contribution in [-0.2, 0) is 19.9 Å². The van der Waals surface area contributed by atoms with Gasteiger partial charge in [-0.15, -0.1) is 10.2 Å². The maximum absolute atomic E-state index is 12.9. The molecule has 150 valence electrons. The van der Waals surface area contributed by atoms with E-state index in [0.717, 1.165) is 62.9 Å². The summed E-state index contributed by atoms with van der Waals surface area (Å²) in [6.45, 7) is 7.13. The molecule has 1 aromatic carbocycles. The first kappa shape index (κ1) is 18.9. The van der Waals surface area contributed by atoms with Gasteiger partial charge in [0.15, 0.2) is 5.82 Å². The highest BCUT2D eigenvalue weighted by Gasteiger charge is 2.25. The van der Waals surface area contributed by atoms with Crippen molar-refractivity contribution in [3.8, 4) is 17.1 Å². The lowest BCUT2D eigenvalue weighted by Gasteiger charge is -2.32. The van der Waals surface area contributed by atoms with Gasteiger partial charge in [0.25, 0.3) is 5.56 Å². The van der Waals surface area contributed by atoms with E-state index in [1.54, 1.807) is 7.05 Å². The first-order valence-electron chi connectivity index (χ1n) is 10.3. The standard InChI is InChI=1S/C21H29N5O2/c1-4-26-10-6-8-15(12-26)22-19-21(28)25(3)20(24-23-19)17-13(2)11-14-7-5-9-16(14)18(17)27/h11,15,27H,4-10,12H2,1-3H3,(H,22,23)/t15-/m1/s1. The summed E-state index contributed by atoms with van der Waals surface area (Å²) in [7, 11) is 1.70. The zero-order chi connectivity index (χ0) is 19.8. The molecule has 1 fully saturated rings.